The molecule has 0 radical (unpaired) electrons. The summed E-state index contributed by atoms with van der Waals surface area (Å²) in [6, 6.07) is 0.367. The molecule has 0 saturated carbocycles. The van der Waals surface area contributed by atoms with E-state index in [1.165, 1.54) is 0 Å². The van der Waals surface area contributed by atoms with E-state index in [1.807, 2.05) is 37.4 Å². The number of aromatic nitrogens is 4. The fourth-order valence-electron chi connectivity index (χ4n) is 3.75. The van der Waals surface area contributed by atoms with Crippen LogP contribution < -0.4 is 10.2 Å². The van der Waals surface area contributed by atoms with Gasteiger partial charge in [-0.15, -0.1) is 0 Å². The largest absolute Gasteiger partial charge is 0.361 e. The molecule has 0 spiro atoms. The highest BCUT2D eigenvalue weighted by Crippen LogP contribution is 2.43. The molecule has 0 amide bonds. The Bertz CT molecular complexity index is 821. The lowest BCUT2D eigenvalue weighted by Gasteiger charge is -2.25. The van der Waals surface area contributed by atoms with E-state index in [2.05, 4.69) is 34.1 Å². The highest BCUT2D eigenvalue weighted by atomic mass is 16.8. The smallest absolute Gasteiger partial charge is 0.167 e. The molecule has 2 aliphatic heterocycles. The molecule has 0 aliphatic carbocycles. The zero-order valence-electron chi connectivity index (χ0n) is 16.7. The molecule has 4 atom stereocenters. The molecule has 1 N–H and O–H groups in total. The normalized spacial score (nSPS) is 29.6. The topological polar surface area (TPSA) is 86.6 Å². The van der Waals surface area contributed by atoms with Gasteiger partial charge in [0, 0.05) is 26.7 Å². The maximum Gasteiger partial charge on any atom is 0.167 e. The van der Waals surface area contributed by atoms with Crippen LogP contribution in [0, 0.1) is 0 Å². The molecule has 0 bridgehead atoms. The van der Waals surface area contributed by atoms with Crippen molar-refractivity contribution in [1.82, 2.24) is 24.8 Å². The van der Waals surface area contributed by atoms with Gasteiger partial charge in [0.25, 0.3) is 0 Å². The Kier molecular flexibility index (Phi) is 4.58. The van der Waals surface area contributed by atoms with Crippen molar-refractivity contribution in [3.05, 3.63) is 12.7 Å². The number of fused-ring (bicyclic) bond motifs is 2. The van der Waals surface area contributed by atoms with E-state index in [0.29, 0.717) is 12.6 Å². The van der Waals surface area contributed by atoms with Gasteiger partial charge >= 0.3 is 0 Å². The van der Waals surface area contributed by atoms with Crippen LogP contribution in [0.1, 0.15) is 33.9 Å². The van der Waals surface area contributed by atoms with Crippen LogP contribution in [-0.2, 0) is 14.2 Å². The molecule has 2 aromatic heterocycles. The summed E-state index contributed by atoms with van der Waals surface area (Å²) >= 11 is 0. The van der Waals surface area contributed by atoms with Crippen LogP contribution in [-0.4, -0.2) is 70.3 Å². The predicted octanol–water partition coefficient (Wildman–Crippen LogP) is 1.31. The quantitative estimate of drug-likeness (QED) is 0.836. The number of hydrogen-bond donors (Lipinski definition) is 1. The van der Waals surface area contributed by atoms with Crippen LogP contribution in [0.4, 0.5) is 5.82 Å². The average Bonchev–Trinajstić information content (AvgIpc) is 3.23. The highest BCUT2D eigenvalue weighted by Gasteiger charge is 2.56. The Balaban J connectivity index is 1.69. The van der Waals surface area contributed by atoms with Crippen molar-refractivity contribution in [2.75, 3.05) is 25.5 Å². The summed E-state index contributed by atoms with van der Waals surface area (Å²) in [5.41, 5.74) is 1.47. The van der Waals surface area contributed by atoms with E-state index >= 15 is 0 Å². The Hall–Kier alpha value is -1.81. The molecule has 9 heteroatoms. The van der Waals surface area contributed by atoms with Gasteiger partial charge in [-0.05, 0) is 13.8 Å². The van der Waals surface area contributed by atoms with Gasteiger partial charge in [-0.1, -0.05) is 13.8 Å². The minimum atomic E-state index is -0.645. The summed E-state index contributed by atoms with van der Waals surface area (Å²) < 4.78 is 20.6. The Morgan fingerprint density at radius 2 is 1.93 bits per heavy atom. The second kappa shape index (κ2) is 6.66. The van der Waals surface area contributed by atoms with E-state index in [1.54, 1.807) is 12.7 Å². The summed E-state index contributed by atoms with van der Waals surface area (Å²) in [4.78, 5) is 15.2. The van der Waals surface area contributed by atoms with E-state index in [4.69, 9.17) is 14.2 Å². The minimum Gasteiger partial charge on any atom is -0.361 e. The second-order valence-corrected chi connectivity index (χ2v) is 8.11. The number of ether oxygens (including phenoxy) is 3. The van der Waals surface area contributed by atoms with Gasteiger partial charge in [0.1, 0.15) is 24.6 Å². The first-order valence-electron chi connectivity index (χ1n) is 9.36. The number of nitrogens with one attached hydrogen (secondary N) is 1. The molecule has 4 heterocycles. The zero-order chi connectivity index (χ0) is 19.3. The van der Waals surface area contributed by atoms with Crippen molar-refractivity contribution in [2.24, 2.45) is 0 Å². The zero-order valence-corrected chi connectivity index (χ0v) is 16.7. The molecule has 9 nitrogen and oxygen atoms in total. The third kappa shape index (κ3) is 3.29. The van der Waals surface area contributed by atoms with Gasteiger partial charge < -0.3 is 24.4 Å². The van der Waals surface area contributed by atoms with E-state index < -0.39 is 5.79 Å². The minimum absolute atomic E-state index is 0.114. The van der Waals surface area contributed by atoms with Gasteiger partial charge in [0.2, 0.25) is 0 Å². The highest BCUT2D eigenvalue weighted by molar-refractivity contribution is 5.83. The molecule has 0 aromatic carbocycles. The number of rotatable bonds is 5. The third-order valence-electron chi connectivity index (χ3n) is 4.89. The van der Waals surface area contributed by atoms with Gasteiger partial charge in [0.05, 0.1) is 6.33 Å². The molecule has 4 rings (SSSR count). The molecule has 27 heavy (non-hydrogen) atoms. The van der Waals surface area contributed by atoms with Crippen LogP contribution >= 0.6 is 0 Å². The monoisotopic (exact) mass is 376 g/mol. The lowest BCUT2D eigenvalue weighted by Crippen LogP contribution is -2.39. The molecule has 2 saturated heterocycles. The van der Waals surface area contributed by atoms with Crippen LogP contribution in [0.5, 0.6) is 0 Å². The Labute approximate surface area is 159 Å². The lowest BCUT2D eigenvalue weighted by atomic mass is 10.1. The van der Waals surface area contributed by atoms with Crippen molar-refractivity contribution in [3.63, 3.8) is 0 Å². The summed E-state index contributed by atoms with van der Waals surface area (Å²) in [6.07, 6.45) is 2.46. The number of anilines is 1. The first-order chi connectivity index (χ1) is 12.8. The fraction of sp³-hybridized carbons (Fsp3) is 0.722. The summed E-state index contributed by atoms with van der Waals surface area (Å²) in [5.74, 6) is 0.128. The third-order valence-corrected chi connectivity index (χ3v) is 4.89. The summed E-state index contributed by atoms with van der Waals surface area (Å²) in [5, 5.41) is 3.44. The van der Waals surface area contributed by atoms with Crippen molar-refractivity contribution < 1.29 is 14.2 Å². The lowest BCUT2D eigenvalue weighted by molar-refractivity contribution is -0.195. The molecule has 2 fully saturated rings. The Morgan fingerprint density at radius 3 is 2.63 bits per heavy atom. The van der Waals surface area contributed by atoms with Crippen LogP contribution in [0.15, 0.2) is 12.7 Å². The number of imidazole rings is 1. The average molecular weight is 376 g/mol. The molecule has 2 aliphatic rings. The van der Waals surface area contributed by atoms with Crippen LogP contribution in [0.2, 0.25) is 0 Å². The van der Waals surface area contributed by atoms with Crippen molar-refractivity contribution >= 4 is 17.0 Å². The Morgan fingerprint density at radius 1 is 1.19 bits per heavy atom. The summed E-state index contributed by atoms with van der Waals surface area (Å²) in [6.45, 7) is 8.80. The van der Waals surface area contributed by atoms with Gasteiger partial charge in [-0.3, -0.25) is 4.57 Å². The molecule has 2 aromatic rings. The SMILES string of the molecule is CC(C)NC[C@H]1O[C@@H](n2cnc3c(N(C)C)ncnc32)[C@H]2OC(C)(C)O[C@@H]21. The van der Waals surface area contributed by atoms with Crippen LogP contribution in [0.25, 0.3) is 11.2 Å². The number of nitrogens with zero attached hydrogens (tertiary/aromatic N) is 5. The van der Waals surface area contributed by atoms with E-state index in [9.17, 15) is 0 Å². The molecular weight excluding hydrogens is 348 g/mol. The summed E-state index contributed by atoms with van der Waals surface area (Å²) in [7, 11) is 3.87. The van der Waals surface area contributed by atoms with Gasteiger partial charge in [-0.25, -0.2) is 15.0 Å². The van der Waals surface area contributed by atoms with Gasteiger partial charge in [-0.2, -0.15) is 0 Å². The second-order valence-electron chi connectivity index (χ2n) is 8.11. The van der Waals surface area contributed by atoms with Crippen LogP contribution in [0.3, 0.4) is 0 Å². The maximum absolute atomic E-state index is 6.36. The van der Waals surface area contributed by atoms with E-state index in [-0.39, 0.29) is 24.5 Å². The van der Waals surface area contributed by atoms with Crippen molar-refractivity contribution in [1.29, 1.82) is 0 Å². The van der Waals surface area contributed by atoms with E-state index in [0.717, 1.165) is 17.0 Å². The standard InChI is InChI=1S/C18H28N6O3/c1-10(2)19-7-11-13-14(27-18(3,4)26-13)17(25-11)24-9-22-12-15(23(5)6)20-8-21-16(12)24/h8-11,13-14,17,19H,7H2,1-6H3/t11-,13-,14+,17-/m1/s1. The van der Waals surface area contributed by atoms with Crippen molar-refractivity contribution in [2.45, 2.75) is 64.1 Å². The molecule has 148 valence electrons. The first-order valence-corrected chi connectivity index (χ1v) is 9.36. The fourth-order valence-corrected chi connectivity index (χ4v) is 3.75. The van der Waals surface area contributed by atoms with Crippen molar-refractivity contribution in [3.8, 4) is 0 Å². The molecular formula is C18H28N6O3. The first kappa shape index (κ1) is 18.5. The van der Waals surface area contributed by atoms with Gasteiger partial charge in [0.15, 0.2) is 29.0 Å². The predicted molar refractivity (Wildman–Crippen MR) is 101 cm³/mol. The number of hydrogen-bond acceptors (Lipinski definition) is 8. The molecule has 0 unspecified atom stereocenters. The maximum atomic E-state index is 6.36.